The van der Waals surface area contributed by atoms with E-state index in [4.69, 9.17) is 19.3 Å². The van der Waals surface area contributed by atoms with Gasteiger partial charge in [-0.15, -0.1) is 0 Å². The fourth-order valence-corrected chi connectivity index (χ4v) is 10.8. The van der Waals surface area contributed by atoms with Gasteiger partial charge in [0.2, 0.25) is 15.9 Å². The predicted molar refractivity (Wildman–Crippen MR) is 308 cm³/mol. The zero-order valence-electron chi connectivity index (χ0n) is 49.7. The summed E-state index contributed by atoms with van der Waals surface area (Å²) in [6.45, 7) is 19.2. The molecule has 3 aliphatic rings. The number of hydrogen-bond donors (Lipinski definition) is 2. The summed E-state index contributed by atoms with van der Waals surface area (Å²) in [7, 11) is 10.8. The van der Waals surface area contributed by atoms with E-state index in [1.807, 2.05) is 98.9 Å². The third-order valence-corrected chi connectivity index (χ3v) is 15.1. The number of carboxylic acid groups (broad SMARTS) is 1. The summed E-state index contributed by atoms with van der Waals surface area (Å²) in [4.78, 5) is 69.3. The van der Waals surface area contributed by atoms with E-state index in [2.05, 4.69) is 28.4 Å². The van der Waals surface area contributed by atoms with Gasteiger partial charge in [0, 0.05) is 85.5 Å². The minimum Gasteiger partial charge on any atom is -0.497 e. The fourth-order valence-electron chi connectivity index (χ4n) is 9.21. The molecular weight excluding hydrogens is 1030 g/mol. The first-order valence-electron chi connectivity index (χ1n) is 26.8. The summed E-state index contributed by atoms with van der Waals surface area (Å²) < 4.78 is 43.7. The molecule has 0 radical (unpaired) electrons. The van der Waals surface area contributed by atoms with Crippen molar-refractivity contribution in [2.45, 2.75) is 130 Å². The van der Waals surface area contributed by atoms with Crippen molar-refractivity contribution >= 4 is 40.0 Å². The number of hydrogen-bond acceptors (Lipinski definition) is 12. The molecule has 19 heteroatoms. The number of rotatable bonds is 11. The van der Waals surface area contributed by atoms with E-state index in [0.717, 1.165) is 36.1 Å². The van der Waals surface area contributed by atoms with Crippen LogP contribution < -0.4 is 10.1 Å². The first-order valence-corrected chi connectivity index (χ1v) is 28.2. The van der Waals surface area contributed by atoms with E-state index in [-0.39, 0.29) is 36.1 Å². The SMILES string of the molecule is CC(C)(C)OC(=O)N1CCc2ccc(C(=O)O)cc2C1.CN(C)C(=O)c1ccc2c(c1)CN(C(=O)OC(C)(C)C)CC2.CNC.COc1cc(C)c(S(=O)(=O)N(C)CCCC(=O)N2CCc3ccc(CN(C)C)cc3C2)c(C)c1. The molecule has 4 aromatic carbocycles. The van der Waals surface area contributed by atoms with Crippen molar-refractivity contribution in [3.63, 3.8) is 0 Å². The van der Waals surface area contributed by atoms with Crippen LogP contribution >= 0.6 is 0 Å². The van der Waals surface area contributed by atoms with E-state index in [9.17, 15) is 32.4 Å². The molecule has 0 unspecified atom stereocenters. The number of carbonyl (C=O) groups excluding carboxylic acids is 4. The molecule has 18 nitrogen and oxygen atoms in total. The van der Waals surface area contributed by atoms with Gasteiger partial charge in [-0.1, -0.05) is 30.3 Å². The number of methoxy groups -OCH3 is 1. The van der Waals surface area contributed by atoms with Crippen LogP contribution in [-0.4, -0.2) is 166 Å². The minimum absolute atomic E-state index is 0.0304. The summed E-state index contributed by atoms with van der Waals surface area (Å²) in [5, 5.41) is 11.8. The molecule has 3 heterocycles. The lowest BCUT2D eigenvalue weighted by atomic mass is 9.97. The number of carbonyl (C=O) groups is 5. The Morgan fingerprint density at radius 3 is 1.51 bits per heavy atom. The molecule has 0 saturated carbocycles. The summed E-state index contributed by atoms with van der Waals surface area (Å²) in [6, 6.07) is 20.8. The average molecular weight is 1110 g/mol. The summed E-state index contributed by atoms with van der Waals surface area (Å²) >= 11 is 0. The number of ether oxygens (including phenoxy) is 3. The fraction of sp³-hybridized carbons (Fsp3) is 0.517. The molecule has 434 valence electrons. The van der Waals surface area contributed by atoms with Gasteiger partial charge in [-0.2, -0.15) is 0 Å². The number of carboxylic acids is 1. The van der Waals surface area contributed by atoms with Gasteiger partial charge in [0.15, 0.2) is 0 Å². The van der Waals surface area contributed by atoms with Crippen LogP contribution in [0.5, 0.6) is 5.75 Å². The molecule has 0 aromatic heterocycles. The summed E-state index contributed by atoms with van der Waals surface area (Å²) in [5.74, 6) is -0.273. The molecule has 0 aliphatic carbocycles. The van der Waals surface area contributed by atoms with Gasteiger partial charge in [0.25, 0.3) is 5.91 Å². The molecule has 0 atom stereocenters. The van der Waals surface area contributed by atoms with Crippen molar-refractivity contribution in [2.24, 2.45) is 0 Å². The second-order valence-electron chi connectivity index (χ2n) is 22.7. The Balaban J connectivity index is 0.000000260. The molecule has 0 bridgehead atoms. The van der Waals surface area contributed by atoms with Crippen LogP contribution in [0.15, 0.2) is 71.6 Å². The van der Waals surface area contributed by atoms with Gasteiger partial charge in [0.1, 0.15) is 17.0 Å². The average Bonchev–Trinajstić information content (AvgIpc) is 3.43. The quantitative estimate of drug-likeness (QED) is 0.145. The van der Waals surface area contributed by atoms with E-state index < -0.39 is 27.2 Å². The third-order valence-electron chi connectivity index (χ3n) is 13.0. The van der Waals surface area contributed by atoms with Crippen molar-refractivity contribution in [2.75, 3.05) is 82.6 Å². The third kappa shape index (κ3) is 19.4. The second-order valence-corrected chi connectivity index (χ2v) is 24.7. The lowest BCUT2D eigenvalue weighted by molar-refractivity contribution is -0.132. The van der Waals surface area contributed by atoms with Gasteiger partial charge in [-0.3, -0.25) is 9.59 Å². The number of nitrogens with one attached hydrogen (secondary N) is 1. The lowest BCUT2D eigenvalue weighted by Gasteiger charge is -2.31. The van der Waals surface area contributed by atoms with Crippen LogP contribution in [0.25, 0.3) is 0 Å². The standard InChI is InChI=1S/C26H37N3O4S.C17H24N2O3.C15H19NO4.C2H7N/c1-19-14-24(33-6)15-20(2)26(19)34(31,32)28(5)12-7-8-25(30)29-13-11-22-10-9-21(17-27(3)4)16-23(22)18-29;1-17(2,3)22-16(21)19-9-8-12-6-7-13(10-14(12)11-19)15(20)18(4)5;1-15(2,3)20-14(19)16-7-6-10-4-5-11(13(17)18)8-12(10)9-16;1-3-2/h9-10,14-16H,7-8,11-13,17-18H2,1-6H3;6-7,10H,8-9,11H2,1-5H3;4-5,8H,6-7,9H2,1-3H3,(H,17,18);3H,1-2H3. The molecule has 0 spiro atoms. The molecule has 7 rings (SSSR count). The van der Waals surface area contributed by atoms with Crippen LogP contribution in [0.3, 0.4) is 0 Å². The Bertz CT molecular complexity index is 2870. The van der Waals surface area contributed by atoms with Crippen molar-refractivity contribution in [1.29, 1.82) is 0 Å². The normalized spacial score (nSPS) is 13.9. The topological polar surface area (TPSA) is 199 Å². The summed E-state index contributed by atoms with van der Waals surface area (Å²) in [5.41, 5.74) is 9.11. The van der Waals surface area contributed by atoms with Crippen LogP contribution in [-0.2, 0) is 69.7 Å². The largest absolute Gasteiger partial charge is 0.497 e. The maximum Gasteiger partial charge on any atom is 0.410 e. The smallest absolute Gasteiger partial charge is 0.410 e. The van der Waals surface area contributed by atoms with Crippen LogP contribution in [0, 0.1) is 13.8 Å². The van der Waals surface area contributed by atoms with E-state index in [0.29, 0.717) is 85.9 Å². The van der Waals surface area contributed by atoms with E-state index in [1.165, 1.54) is 26.6 Å². The Morgan fingerprint density at radius 2 is 1.06 bits per heavy atom. The highest BCUT2D eigenvalue weighted by atomic mass is 32.2. The Morgan fingerprint density at radius 1 is 0.633 bits per heavy atom. The van der Waals surface area contributed by atoms with Crippen molar-refractivity contribution in [3.05, 3.63) is 128 Å². The number of benzene rings is 4. The number of sulfonamides is 1. The van der Waals surface area contributed by atoms with Crippen LogP contribution in [0.4, 0.5) is 9.59 Å². The monoisotopic (exact) mass is 1110 g/mol. The Labute approximate surface area is 470 Å². The van der Waals surface area contributed by atoms with Crippen molar-refractivity contribution in [3.8, 4) is 5.75 Å². The first kappa shape index (κ1) is 65.0. The van der Waals surface area contributed by atoms with Crippen molar-refractivity contribution < 1.29 is 51.7 Å². The number of nitrogens with zero attached hydrogens (tertiary/aromatic N) is 6. The zero-order valence-corrected chi connectivity index (χ0v) is 50.5. The van der Waals surface area contributed by atoms with Gasteiger partial charge in [-0.25, -0.2) is 27.1 Å². The minimum atomic E-state index is -3.65. The van der Waals surface area contributed by atoms with E-state index >= 15 is 0 Å². The van der Waals surface area contributed by atoms with E-state index in [1.54, 1.807) is 81.1 Å². The number of aromatic carboxylic acids is 1. The highest BCUT2D eigenvalue weighted by molar-refractivity contribution is 7.89. The van der Waals surface area contributed by atoms with Gasteiger partial charge in [0.05, 0.1) is 17.6 Å². The molecule has 4 amide bonds. The molecule has 2 N–H and O–H groups in total. The second kappa shape index (κ2) is 28.6. The van der Waals surface area contributed by atoms with Gasteiger partial charge < -0.3 is 49.1 Å². The maximum absolute atomic E-state index is 13.2. The number of amides is 4. The van der Waals surface area contributed by atoms with Crippen LogP contribution in [0.1, 0.15) is 125 Å². The molecule has 4 aromatic rings. The number of fused-ring (bicyclic) bond motifs is 3. The zero-order chi connectivity index (χ0) is 59.2. The summed E-state index contributed by atoms with van der Waals surface area (Å²) in [6.07, 6.45) is 2.50. The molecular formula is C60H87N7O11S. The molecule has 0 saturated heterocycles. The predicted octanol–water partition coefficient (Wildman–Crippen LogP) is 8.55. The highest BCUT2D eigenvalue weighted by Gasteiger charge is 2.30. The number of aryl methyl sites for hydroxylation is 2. The molecule has 79 heavy (non-hydrogen) atoms. The van der Waals surface area contributed by atoms with Gasteiger partial charge in [-0.05, 0) is 196 Å². The maximum atomic E-state index is 13.2. The first-order chi connectivity index (χ1) is 36.9. The highest BCUT2D eigenvalue weighted by Crippen LogP contribution is 2.29. The molecule has 0 fully saturated rings. The Kier molecular flexibility index (Phi) is 23.5. The Hall–Kier alpha value is -6.54. The van der Waals surface area contributed by atoms with Gasteiger partial charge >= 0.3 is 18.2 Å². The van der Waals surface area contributed by atoms with Crippen LogP contribution in [0.2, 0.25) is 0 Å². The van der Waals surface area contributed by atoms with Crippen molar-refractivity contribution in [1.82, 2.24) is 34.1 Å². The lowest BCUT2D eigenvalue weighted by Crippen LogP contribution is -2.40. The molecule has 3 aliphatic heterocycles.